The number of rotatable bonds is 4. The fourth-order valence-electron chi connectivity index (χ4n) is 2.52. The van der Waals surface area contributed by atoms with Gasteiger partial charge in [0.1, 0.15) is 36.6 Å². The summed E-state index contributed by atoms with van der Waals surface area (Å²) < 4.78 is 14.4. The Morgan fingerprint density at radius 1 is 0.680 bits per heavy atom. The van der Waals surface area contributed by atoms with E-state index in [1.807, 2.05) is 0 Å². The van der Waals surface area contributed by atoms with Gasteiger partial charge in [-0.15, -0.1) is 0 Å². The van der Waals surface area contributed by atoms with Gasteiger partial charge < -0.3 is 55.1 Å². The summed E-state index contributed by atoms with van der Waals surface area (Å²) in [5.41, 5.74) is 0. The number of hydrogen-bond donors (Lipinski definition) is 8. The maximum atomic E-state index is 11.2. The predicted molar refractivity (Wildman–Crippen MR) is 69.7 cm³/mol. The smallest absolute Gasteiger partial charge is 0.335 e. The summed E-state index contributed by atoms with van der Waals surface area (Å²) in [7, 11) is 0. The molecule has 2 saturated heterocycles. The van der Waals surface area contributed by atoms with Crippen LogP contribution in [0.5, 0.6) is 0 Å². The number of aliphatic hydroxyl groups excluding tert-OH is 6. The Morgan fingerprint density at radius 2 is 1.24 bits per heavy atom. The van der Waals surface area contributed by atoms with Crippen LogP contribution in [0.2, 0.25) is 0 Å². The Kier molecular flexibility index (Phi) is 5.93. The molecule has 144 valence electrons. The average Bonchev–Trinajstić information content (AvgIpc) is 2.54. The summed E-state index contributed by atoms with van der Waals surface area (Å²) >= 11 is 0. The quantitative estimate of drug-likeness (QED) is 0.232. The number of hydrogen-bond acceptors (Lipinski definition) is 11. The third-order valence-electron chi connectivity index (χ3n) is 3.91. The van der Waals surface area contributed by atoms with E-state index in [9.17, 15) is 40.2 Å². The monoisotopic (exact) mass is 370 g/mol. The molecule has 0 aliphatic carbocycles. The molecule has 0 bridgehead atoms. The van der Waals surface area contributed by atoms with Crippen LogP contribution >= 0.6 is 0 Å². The van der Waals surface area contributed by atoms with Gasteiger partial charge in [0.15, 0.2) is 24.8 Å². The first kappa shape index (κ1) is 19.9. The first-order chi connectivity index (χ1) is 11.6. The van der Waals surface area contributed by atoms with E-state index in [1.165, 1.54) is 0 Å². The highest BCUT2D eigenvalue weighted by Crippen LogP contribution is 2.28. The van der Waals surface area contributed by atoms with E-state index in [1.54, 1.807) is 0 Å². The van der Waals surface area contributed by atoms with E-state index >= 15 is 0 Å². The SMILES string of the molecule is O=C(O)C1O[C@H](O[C@H]2C(C(=O)O)OC(O)[C@@H](O)C2O)C(O)[C@H](O)C1O. The third kappa shape index (κ3) is 3.74. The van der Waals surface area contributed by atoms with Crippen LogP contribution in [-0.4, -0.2) is 114 Å². The first-order valence-corrected chi connectivity index (χ1v) is 7.06. The van der Waals surface area contributed by atoms with Crippen molar-refractivity contribution in [3.63, 3.8) is 0 Å². The number of carboxylic acid groups (broad SMARTS) is 2. The minimum atomic E-state index is -2.03. The molecule has 0 amide bonds. The lowest BCUT2D eigenvalue weighted by Gasteiger charge is -2.44. The second-order valence-electron chi connectivity index (χ2n) is 5.60. The topological polar surface area (TPSA) is 224 Å². The van der Waals surface area contributed by atoms with Gasteiger partial charge in [0.2, 0.25) is 0 Å². The Morgan fingerprint density at radius 3 is 1.76 bits per heavy atom. The van der Waals surface area contributed by atoms with Crippen LogP contribution in [0, 0.1) is 0 Å². The van der Waals surface area contributed by atoms with Crippen LogP contribution in [0.15, 0.2) is 0 Å². The molecule has 2 fully saturated rings. The second-order valence-corrected chi connectivity index (χ2v) is 5.60. The van der Waals surface area contributed by atoms with Gasteiger partial charge >= 0.3 is 11.9 Å². The Hall–Kier alpha value is -1.42. The Balaban J connectivity index is 2.22. The molecule has 0 spiro atoms. The molecule has 13 heteroatoms. The highest BCUT2D eigenvalue weighted by atomic mass is 16.7. The van der Waals surface area contributed by atoms with E-state index in [0.717, 1.165) is 0 Å². The second kappa shape index (κ2) is 7.45. The standard InChI is InChI=1S/C12H18O13/c13-1-2(14)7(9(18)19)25-12(5(1)17)24-6-3(15)4(16)11(22)23-8(6)10(20)21/h1-8,11-17,22H,(H,18,19)(H,20,21)/t1-,2?,3?,4+,5?,6-,7?,8?,11?,12+/m1/s1. The van der Waals surface area contributed by atoms with Crippen molar-refractivity contribution in [2.75, 3.05) is 0 Å². The molecule has 2 aliphatic heterocycles. The van der Waals surface area contributed by atoms with Crippen LogP contribution in [0.25, 0.3) is 0 Å². The van der Waals surface area contributed by atoms with Crippen molar-refractivity contribution in [2.24, 2.45) is 0 Å². The molecule has 0 aromatic rings. The van der Waals surface area contributed by atoms with E-state index in [-0.39, 0.29) is 0 Å². The van der Waals surface area contributed by atoms with E-state index in [4.69, 9.17) is 19.7 Å². The minimum absolute atomic E-state index is 1.70. The van der Waals surface area contributed by atoms with Crippen molar-refractivity contribution in [2.45, 2.75) is 61.4 Å². The number of aliphatic hydroxyl groups is 6. The van der Waals surface area contributed by atoms with E-state index in [0.29, 0.717) is 0 Å². The molecule has 2 heterocycles. The number of carbonyl (C=O) groups is 2. The molecular formula is C12H18O13. The van der Waals surface area contributed by atoms with E-state index < -0.39 is 73.4 Å². The average molecular weight is 370 g/mol. The Labute approximate surface area is 139 Å². The molecular weight excluding hydrogens is 352 g/mol. The number of aliphatic carboxylic acids is 2. The van der Waals surface area contributed by atoms with Crippen molar-refractivity contribution < 1.29 is 64.7 Å². The van der Waals surface area contributed by atoms with Crippen molar-refractivity contribution in [3.8, 4) is 0 Å². The highest BCUT2D eigenvalue weighted by molar-refractivity contribution is 5.74. The van der Waals surface area contributed by atoms with Gasteiger partial charge in [0.05, 0.1) is 0 Å². The van der Waals surface area contributed by atoms with Crippen molar-refractivity contribution >= 4 is 11.9 Å². The lowest BCUT2D eigenvalue weighted by Crippen LogP contribution is -2.65. The molecule has 8 N–H and O–H groups in total. The molecule has 10 atom stereocenters. The van der Waals surface area contributed by atoms with Crippen LogP contribution < -0.4 is 0 Å². The zero-order valence-electron chi connectivity index (χ0n) is 12.4. The van der Waals surface area contributed by atoms with Crippen LogP contribution in [0.1, 0.15) is 0 Å². The number of ether oxygens (including phenoxy) is 3. The largest absolute Gasteiger partial charge is 0.479 e. The molecule has 2 aliphatic rings. The van der Waals surface area contributed by atoms with Gasteiger partial charge in [-0.1, -0.05) is 0 Å². The summed E-state index contributed by atoms with van der Waals surface area (Å²) in [5.74, 6) is -3.39. The first-order valence-electron chi connectivity index (χ1n) is 7.06. The maximum Gasteiger partial charge on any atom is 0.335 e. The summed E-state index contributed by atoms with van der Waals surface area (Å²) in [6.07, 6.45) is -19.9. The molecule has 13 nitrogen and oxygen atoms in total. The van der Waals surface area contributed by atoms with Crippen LogP contribution in [0.3, 0.4) is 0 Å². The highest BCUT2D eigenvalue weighted by Gasteiger charge is 2.53. The number of carboxylic acids is 2. The van der Waals surface area contributed by atoms with Crippen molar-refractivity contribution in [1.29, 1.82) is 0 Å². The third-order valence-corrected chi connectivity index (χ3v) is 3.91. The van der Waals surface area contributed by atoms with Gasteiger partial charge in [-0.3, -0.25) is 0 Å². The zero-order valence-corrected chi connectivity index (χ0v) is 12.4. The van der Waals surface area contributed by atoms with Gasteiger partial charge in [-0.05, 0) is 0 Å². The predicted octanol–water partition coefficient (Wildman–Crippen LogP) is -5.21. The minimum Gasteiger partial charge on any atom is -0.479 e. The van der Waals surface area contributed by atoms with Crippen molar-refractivity contribution in [3.05, 3.63) is 0 Å². The molecule has 0 aromatic carbocycles. The van der Waals surface area contributed by atoms with Gasteiger partial charge in [-0.2, -0.15) is 0 Å². The van der Waals surface area contributed by atoms with Gasteiger partial charge in [0, 0.05) is 0 Å². The fraction of sp³-hybridized carbons (Fsp3) is 0.833. The van der Waals surface area contributed by atoms with Crippen LogP contribution in [0.4, 0.5) is 0 Å². The lowest BCUT2D eigenvalue weighted by molar-refractivity contribution is -0.346. The van der Waals surface area contributed by atoms with Gasteiger partial charge in [0.25, 0.3) is 0 Å². The summed E-state index contributed by atoms with van der Waals surface area (Å²) in [6.45, 7) is 0. The molecule has 2 rings (SSSR count). The molecule has 0 aromatic heterocycles. The van der Waals surface area contributed by atoms with Crippen molar-refractivity contribution in [1.82, 2.24) is 0 Å². The van der Waals surface area contributed by atoms with Gasteiger partial charge in [-0.25, -0.2) is 9.59 Å². The summed E-state index contributed by atoms with van der Waals surface area (Å²) in [6, 6.07) is 0. The van der Waals surface area contributed by atoms with Crippen LogP contribution in [-0.2, 0) is 23.8 Å². The molecule has 25 heavy (non-hydrogen) atoms. The summed E-state index contributed by atoms with van der Waals surface area (Å²) in [4.78, 5) is 22.2. The normalized spacial score (nSPS) is 48.1. The maximum absolute atomic E-state index is 11.2. The zero-order chi connectivity index (χ0) is 19.0. The molecule has 0 radical (unpaired) electrons. The van der Waals surface area contributed by atoms with E-state index in [2.05, 4.69) is 4.74 Å². The molecule has 6 unspecified atom stereocenters. The lowest BCUT2D eigenvalue weighted by atomic mass is 9.96. The molecule has 0 saturated carbocycles. The fourth-order valence-corrected chi connectivity index (χ4v) is 2.52. The Bertz CT molecular complexity index is 511. The summed E-state index contributed by atoms with van der Waals surface area (Å²) in [5, 5.41) is 75.9.